The van der Waals surface area contributed by atoms with Crippen LogP contribution < -0.4 is 9.47 Å². The molecule has 1 aromatic heterocycles. The van der Waals surface area contributed by atoms with Crippen molar-refractivity contribution in [3.8, 4) is 11.5 Å². The summed E-state index contributed by atoms with van der Waals surface area (Å²) in [6.07, 6.45) is 2.26. The highest BCUT2D eigenvalue weighted by atomic mass is 16.5. The second-order valence-corrected chi connectivity index (χ2v) is 3.57. The van der Waals surface area contributed by atoms with Crippen LogP contribution in [0.1, 0.15) is 17.2 Å². The minimum atomic E-state index is -0.769. The summed E-state index contributed by atoms with van der Waals surface area (Å²) >= 11 is 0. The molecule has 0 unspecified atom stereocenters. The van der Waals surface area contributed by atoms with Crippen LogP contribution in [0.4, 0.5) is 0 Å². The molecule has 0 amide bonds. The standard InChI is InChI=1S/C13H14O4/c1-15-10-3-4-11(12(7-10)16-2)13(14)9-5-6-17-8-9/h3-8,13-14H,1-2H3/t13-/m0/s1. The van der Waals surface area contributed by atoms with Crippen molar-refractivity contribution in [2.45, 2.75) is 6.10 Å². The zero-order chi connectivity index (χ0) is 12.3. The Morgan fingerprint density at radius 3 is 2.59 bits per heavy atom. The van der Waals surface area contributed by atoms with Crippen LogP contribution in [0.25, 0.3) is 0 Å². The number of ether oxygens (including phenoxy) is 2. The van der Waals surface area contributed by atoms with Crippen LogP contribution in [0.3, 0.4) is 0 Å². The van der Waals surface area contributed by atoms with E-state index < -0.39 is 6.10 Å². The third kappa shape index (κ3) is 2.26. The number of hydrogen-bond acceptors (Lipinski definition) is 4. The Balaban J connectivity index is 2.38. The first-order valence-electron chi connectivity index (χ1n) is 5.18. The quantitative estimate of drug-likeness (QED) is 0.882. The number of methoxy groups -OCH3 is 2. The first-order valence-corrected chi connectivity index (χ1v) is 5.18. The molecule has 0 spiro atoms. The van der Waals surface area contributed by atoms with Gasteiger partial charge in [-0.2, -0.15) is 0 Å². The van der Waals surface area contributed by atoms with Gasteiger partial charge in [0.15, 0.2) is 0 Å². The molecule has 4 heteroatoms. The Hall–Kier alpha value is -1.94. The average molecular weight is 234 g/mol. The zero-order valence-electron chi connectivity index (χ0n) is 9.71. The summed E-state index contributed by atoms with van der Waals surface area (Å²) in [6.45, 7) is 0. The third-order valence-corrected chi connectivity index (χ3v) is 2.59. The molecule has 0 bridgehead atoms. The fourth-order valence-corrected chi connectivity index (χ4v) is 1.65. The van der Waals surface area contributed by atoms with Crippen LogP contribution in [0.15, 0.2) is 41.2 Å². The van der Waals surface area contributed by atoms with Crippen molar-refractivity contribution in [1.29, 1.82) is 0 Å². The molecule has 0 fully saturated rings. The Morgan fingerprint density at radius 1 is 1.18 bits per heavy atom. The lowest BCUT2D eigenvalue weighted by Crippen LogP contribution is -2.01. The molecule has 2 aromatic rings. The molecule has 0 aliphatic carbocycles. The van der Waals surface area contributed by atoms with Crippen molar-refractivity contribution in [3.05, 3.63) is 47.9 Å². The van der Waals surface area contributed by atoms with Gasteiger partial charge in [-0.1, -0.05) is 0 Å². The van der Waals surface area contributed by atoms with Crippen molar-refractivity contribution in [2.75, 3.05) is 14.2 Å². The molecule has 0 saturated carbocycles. The molecule has 1 N–H and O–H groups in total. The number of aliphatic hydroxyl groups is 1. The molecule has 0 saturated heterocycles. The van der Waals surface area contributed by atoms with Crippen molar-refractivity contribution in [1.82, 2.24) is 0 Å². The molecule has 0 radical (unpaired) electrons. The van der Waals surface area contributed by atoms with E-state index in [4.69, 9.17) is 13.9 Å². The Bertz CT molecular complexity index is 476. The first kappa shape index (κ1) is 11.5. The molecule has 1 heterocycles. The molecule has 90 valence electrons. The van der Waals surface area contributed by atoms with Crippen molar-refractivity contribution in [2.24, 2.45) is 0 Å². The molecule has 1 atom stereocenters. The van der Waals surface area contributed by atoms with Gasteiger partial charge in [0.05, 0.1) is 26.7 Å². The second-order valence-electron chi connectivity index (χ2n) is 3.57. The highest BCUT2D eigenvalue weighted by molar-refractivity contribution is 5.44. The van der Waals surface area contributed by atoms with Gasteiger partial charge in [-0.3, -0.25) is 0 Å². The highest BCUT2D eigenvalue weighted by Gasteiger charge is 2.16. The number of benzene rings is 1. The number of rotatable bonds is 4. The van der Waals surface area contributed by atoms with Crippen LogP contribution >= 0.6 is 0 Å². The largest absolute Gasteiger partial charge is 0.497 e. The van der Waals surface area contributed by atoms with E-state index in [-0.39, 0.29) is 0 Å². The lowest BCUT2D eigenvalue weighted by atomic mass is 10.0. The van der Waals surface area contributed by atoms with E-state index in [1.807, 2.05) is 0 Å². The van der Waals surface area contributed by atoms with Gasteiger partial charge in [0.2, 0.25) is 0 Å². The molecule has 1 aromatic carbocycles. The average Bonchev–Trinajstić information content (AvgIpc) is 2.91. The fourth-order valence-electron chi connectivity index (χ4n) is 1.65. The lowest BCUT2D eigenvalue weighted by molar-refractivity contribution is 0.213. The van der Waals surface area contributed by atoms with Crippen molar-refractivity contribution in [3.63, 3.8) is 0 Å². The predicted octanol–water partition coefficient (Wildman–Crippen LogP) is 2.38. The molecular formula is C13H14O4. The van der Waals surface area contributed by atoms with Gasteiger partial charge in [-0.25, -0.2) is 0 Å². The topological polar surface area (TPSA) is 51.8 Å². The maximum atomic E-state index is 10.2. The van der Waals surface area contributed by atoms with Gasteiger partial charge >= 0.3 is 0 Å². The van der Waals surface area contributed by atoms with Gasteiger partial charge in [-0.05, 0) is 18.2 Å². The summed E-state index contributed by atoms with van der Waals surface area (Å²) in [5.41, 5.74) is 1.36. The van der Waals surface area contributed by atoms with Gasteiger partial charge in [-0.15, -0.1) is 0 Å². The van der Waals surface area contributed by atoms with Crippen molar-refractivity contribution < 1.29 is 19.0 Å². The number of hydrogen-bond donors (Lipinski definition) is 1. The maximum Gasteiger partial charge on any atom is 0.128 e. The zero-order valence-corrected chi connectivity index (χ0v) is 9.71. The number of aliphatic hydroxyl groups excluding tert-OH is 1. The number of furan rings is 1. The van der Waals surface area contributed by atoms with Gasteiger partial charge in [0.25, 0.3) is 0 Å². The van der Waals surface area contributed by atoms with E-state index in [1.165, 1.54) is 12.5 Å². The van der Waals surface area contributed by atoms with Crippen LogP contribution in [0.5, 0.6) is 11.5 Å². The molecule has 0 aliphatic heterocycles. The van der Waals surface area contributed by atoms with E-state index in [9.17, 15) is 5.11 Å². The monoisotopic (exact) mass is 234 g/mol. The Morgan fingerprint density at radius 2 is 2.00 bits per heavy atom. The molecule has 17 heavy (non-hydrogen) atoms. The SMILES string of the molecule is COc1ccc([C@@H](O)c2ccoc2)c(OC)c1. The minimum Gasteiger partial charge on any atom is -0.497 e. The smallest absolute Gasteiger partial charge is 0.128 e. The molecule has 4 nitrogen and oxygen atoms in total. The summed E-state index contributed by atoms with van der Waals surface area (Å²) in [6, 6.07) is 7.00. The molecular weight excluding hydrogens is 220 g/mol. The van der Waals surface area contributed by atoms with E-state index in [0.717, 1.165) is 0 Å². The van der Waals surface area contributed by atoms with Crippen LogP contribution in [0, 0.1) is 0 Å². The van der Waals surface area contributed by atoms with E-state index in [1.54, 1.807) is 38.5 Å². The van der Waals surface area contributed by atoms with Gasteiger partial charge in [0, 0.05) is 17.2 Å². The predicted molar refractivity (Wildman–Crippen MR) is 62.3 cm³/mol. The summed E-state index contributed by atoms with van der Waals surface area (Å²) in [5, 5.41) is 10.2. The minimum absolute atomic E-state index is 0.582. The van der Waals surface area contributed by atoms with E-state index >= 15 is 0 Å². The Labute approximate surface area is 99.4 Å². The first-order chi connectivity index (χ1) is 8.26. The second kappa shape index (κ2) is 4.93. The third-order valence-electron chi connectivity index (χ3n) is 2.59. The van der Waals surface area contributed by atoms with Gasteiger partial charge in [0.1, 0.15) is 17.6 Å². The maximum absolute atomic E-state index is 10.2. The summed E-state index contributed by atoms with van der Waals surface area (Å²) in [4.78, 5) is 0. The normalized spacial score (nSPS) is 12.2. The summed E-state index contributed by atoms with van der Waals surface area (Å²) in [5.74, 6) is 1.27. The van der Waals surface area contributed by atoms with Gasteiger partial charge < -0.3 is 19.0 Å². The van der Waals surface area contributed by atoms with E-state index in [2.05, 4.69) is 0 Å². The molecule has 0 aliphatic rings. The highest BCUT2D eigenvalue weighted by Crippen LogP contribution is 2.32. The Kier molecular flexibility index (Phi) is 3.35. The lowest BCUT2D eigenvalue weighted by Gasteiger charge is -2.14. The van der Waals surface area contributed by atoms with Crippen molar-refractivity contribution >= 4 is 0 Å². The summed E-state index contributed by atoms with van der Waals surface area (Å²) in [7, 11) is 3.14. The van der Waals surface area contributed by atoms with Crippen LogP contribution in [0.2, 0.25) is 0 Å². The molecule has 2 rings (SSSR count). The summed E-state index contributed by atoms with van der Waals surface area (Å²) < 4.78 is 15.3. The van der Waals surface area contributed by atoms with Crippen LogP contribution in [-0.2, 0) is 0 Å². The van der Waals surface area contributed by atoms with Crippen LogP contribution in [-0.4, -0.2) is 19.3 Å². The van der Waals surface area contributed by atoms with E-state index in [0.29, 0.717) is 22.6 Å². The fraction of sp³-hybridized carbons (Fsp3) is 0.231.